The zero-order valence-electron chi connectivity index (χ0n) is 15.2. The van der Waals surface area contributed by atoms with E-state index in [2.05, 4.69) is 31.4 Å². The molecule has 0 atom stereocenters. The van der Waals surface area contributed by atoms with E-state index in [1.165, 1.54) is 17.7 Å². The Morgan fingerprint density at radius 3 is 2.59 bits per heavy atom. The number of nitrogens with one attached hydrogen (secondary N) is 1. The lowest BCUT2D eigenvalue weighted by Crippen LogP contribution is -2.16. The normalized spacial score (nSPS) is 11.7. The molecule has 2 aromatic heterocycles. The van der Waals surface area contributed by atoms with Crippen molar-refractivity contribution in [2.24, 2.45) is 0 Å². The van der Waals surface area contributed by atoms with E-state index in [0.29, 0.717) is 5.56 Å². The SMILES string of the molecule is Cc1c(Br)c(C(F)(F)F)nn1CCC(=O)Nc1ccn(Cc2ccccc2F)n1. The van der Waals surface area contributed by atoms with Crippen LogP contribution in [0.5, 0.6) is 0 Å². The number of hydrogen-bond donors (Lipinski definition) is 1. The van der Waals surface area contributed by atoms with Crippen molar-refractivity contribution in [3.63, 3.8) is 0 Å². The fourth-order valence-electron chi connectivity index (χ4n) is 2.65. The van der Waals surface area contributed by atoms with Crippen molar-refractivity contribution >= 4 is 27.7 Å². The van der Waals surface area contributed by atoms with E-state index in [0.717, 1.165) is 4.68 Å². The van der Waals surface area contributed by atoms with Gasteiger partial charge in [0.2, 0.25) is 5.91 Å². The van der Waals surface area contributed by atoms with Crippen LogP contribution in [0.3, 0.4) is 0 Å². The highest BCUT2D eigenvalue weighted by Crippen LogP contribution is 2.35. The van der Waals surface area contributed by atoms with Gasteiger partial charge in [-0.15, -0.1) is 0 Å². The van der Waals surface area contributed by atoms with Gasteiger partial charge in [-0.05, 0) is 28.9 Å². The minimum atomic E-state index is -4.58. The van der Waals surface area contributed by atoms with Crippen molar-refractivity contribution in [1.82, 2.24) is 19.6 Å². The molecule has 6 nitrogen and oxygen atoms in total. The van der Waals surface area contributed by atoms with Crippen LogP contribution in [0.25, 0.3) is 0 Å². The van der Waals surface area contributed by atoms with Crippen LogP contribution in [-0.2, 0) is 24.1 Å². The van der Waals surface area contributed by atoms with Crippen LogP contribution in [0.15, 0.2) is 41.0 Å². The van der Waals surface area contributed by atoms with Gasteiger partial charge in [-0.2, -0.15) is 23.4 Å². The highest BCUT2D eigenvalue weighted by atomic mass is 79.9. The van der Waals surface area contributed by atoms with Gasteiger partial charge >= 0.3 is 6.18 Å². The second-order valence-electron chi connectivity index (χ2n) is 6.26. The lowest BCUT2D eigenvalue weighted by molar-refractivity contribution is -0.142. The average Bonchev–Trinajstić information content (AvgIpc) is 3.20. The molecule has 0 saturated heterocycles. The minimum Gasteiger partial charge on any atom is -0.309 e. The van der Waals surface area contributed by atoms with E-state index in [1.807, 2.05) is 0 Å². The van der Waals surface area contributed by atoms with E-state index in [4.69, 9.17) is 0 Å². The summed E-state index contributed by atoms with van der Waals surface area (Å²) in [6, 6.07) is 7.84. The molecule has 3 rings (SSSR count). The molecule has 0 radical (unpaired) electrons. The van der Waals surface area contributed by atoms with Gasteiger partial charge in [0.25, 0.3) is 0 Å². The number of nitrogens with zero attached hydrogens (tertiary/aromatic N) is 4. The fourth-order valence-corrected chi connectivity index (χ4v) is 3.16. The van der Waals surface area contributed by atoms with Gasteiger partial charge in [0, 0.05) is 24.2 Å². The van der Waals surface area contributed by atoms with Crippen molar-refractivity contribution in [1.29, 1.82) is 0 Å². The van der Waals surface area contributed by atoms with Crippen LogP contribution in [0.1, 0.15) is 23.4 Å². The molecule has 0 aliphatic heterocycles. The number of carbonyl (C=O) groups excluding carboxylic acids is 1. The van der Waals surface area contributed by atoms with Crippen molar-refractivity contribution in [3.8, 4) is 0 Å². The van der Waals surface area contributed by atoms with Crippen LogP contribution in [-0.4, -0.2) is 25.5 Å². The van der Waals surface area contributed by atoms with E-state index < -0.39 is 17.8 Å². The van der Waals surface area contributed by atoms with Crippen LogP contribution in [0.4, 0.5) is 23.4 Å². The maximum atomic E-state index is 13.7. The summed E-state index contributed by atoms with van der Waals surface area (Å²) in [6.45, 7) is 1.65. The first-order chi connectivity index (χ1) is 13.6. The van der Waals surface area contributed by atoms with E-state index >= 15 is 0 Å². The summed E-state index contributed by atoms with van der Waals surface area (Å²) in [6.07, 6.45) is -3.08. The maximum absolute atomic E-state index is 13.7. The third kappa shape index (κ3) is 5.03. The summed E-state index contributed by atoms with van der Waals surface area (Å²) < 4.78 is 54.8. The molecule has 0 fully saturated rings. The van der Waals surface area contributed by atoms with Gasteiger partial charge in [-0.3, -0.25) is 14.2 Å². The topological polar surface area (TPSA) is 64.7 Å². The first-order valence-electron chi connectivity index (χ1n) is 8.52. The third-order valence-electron chi connectivity index (χ3n) is 4.15. The van der Waals surface area contributed by atoms with Crippen LogP contribution < -0.4 is 5.32 Å². The first kappa shape index (κ1) is 21.0. The Hall–Kier alpha value is -2.69. The number of anilines is 1. The monoisotopic (exact) mass is 473 g/mol. The number of carbonyl (C=O) groups is 1. The number of amides is 1. The summed E-state index contributed by atoms with van der Waals surface area (Å²) in [5.74, 6) is -0.519. The molecule has 1 amide bonds. The molecule has 3 aromatic rings. The van der Waals surface area contributed by atoms with Gasteiger partial charge in [0.05, 0.1) is 23.3 Å². The van der Waals surface area contributed by atoms with E-state index in [-0.39, 0.29) is 41.3 Å². The van der Waals surface area contributed by atoms with Crippen LogP contribution >= 0.6 is 15.9 Å². The standard InChI is InChI=1S/C18H16BrF4N5O/c1-11-16(19)17(18(21,22)23)26-28(11)9-7-15(29)24-14-6-8-27(25-14)10-12-4-2-3-5-13(12)20/h2-6,8H,7,9-10H2,1H3,(H,24,25,29). The number of aryl methyl sites for hydroxylation is 1. The van der Waals surface area contributed by atoms with E-state index in [1.54, 1.807) is 30.5 Å². The zero-order chi connectivity index (χ0) is 21.2. The van der Waals surface area contributed by atoms with Gasteiger partial charge in [0.1, 0.15) is 5.82 Å². The molecular weight excluding hydrogens is 458 g/mol. The number of benzene rings is 1. The molecule has 154 valence electrons. The van der Waals surface area contributed by atoms with Gasteiger partial charge < -0.3 is 5.32 Å². The molecular formula is C18H16BrF4N5O. The minimum absolute atomic E-state index is 0.0255. The highest BCUT2D eigenvalue weighted by Gasteiger charge is 2.37. The zero-order valence-corrected chi connectivity index (χ0v) is 16.8. The summed E-state index contributed by atoms with van der Waals surface area (Å²) >= 11 is 2.89. The molecule has 29 heavy (non-hydrogen) atoms. The van der Waals surface area contributed by atoms with Crippen LogP contribution in [0.2, 0.25) is 0 Å². The largest absolute Gasteiger partial charge is 0.436 e. The van der Waals surface area contributed by atoms with E-state index in [9.17, 15) is 22.4 Å². The number of hydrogen-bond acceptors (Lipinski definition) is 3. The Bertz CT molecular complexity index is 1030. The fraction of sp³-hybridized carbons (Fsp3) is 0.278. The third-order valence-corrected chi connectivity index (χ3v) is 5.10. The first-order valence-corrected chi connectivity index (χ1v) is 9.31. The highest BCUT2D eigenvalue weighted by molar-refractivity contribution is 9.10. The molecule has 2 heterocycles. The Balaban J connectivity index is 1.58. The molecule has 0 unspecified atom stereocenters. The predicted octanol–water partition coefficient (Wildman–Crippen LogP) is 4.39. The molecule has 11 heteroatoms. The second kappa shape index (κ2) is 8.36. The Morgan fingerprint density at radius 2 is 1.93 bits per heavy atom. The number of alkyl halides is 3. The van der Waals surface area contributed by atoms with Crippen molar-refractivity contribution in [2.45, 2.75) is 32.6 Å². The second-order valence-corrected chi connectivity index (χ2v) is 7.05. The summed E-state index contributed by atoms with van der Waals surface area (Å²) in [5, 5.41) is 10.2. The summed E-state index contributed by atoms with van der Waals surface area (Å²) in [7, 11) is 0. The number of aromatic nitrogens is 4. The van der Waals surface area contributed by atoms with Gasteiger partial charge in [-0.25, -0.2) is 4.39 Å². The predicted molar refractivity (Wildman–Crippen MR) is 101 cm³/mol. The lowest BCUT2D eigenvalue weighted by atomic mass is 10.2. The smallest absolute Gasteiger partial charge is 0.309 e. The van der Waals surface area contributed by atoms with Crippen molar-refractivity contribution < 1.29 is 22.4 Å². The molecule has 0 aliphatic carbocycles. The summed E-state index contributed by atoms with van der Waals surface area (Å²) in [4.78, 5) is 12.1. The van der Waals surface area contributed by atoms with Crippen molar-refractivity contribution in [2.75, 3.05) is 5.32 Å². The molecule has 0 bridgehead atoms. The van der Waals surface area contributed by atoms with Crippen LogP contribution in [0, 0.1) is 12.7 Å². The average molecular weight is 474 g/mol. The molecule has 1 N–H and O–H groups in total. The van der Waals surface area contributed by atoms with Gasteiger partial charge in [-0.1, -0.05) is 18.2 Å². The molecule has 0 aliphatic rings. The molecule has 0 saturated carbocycles. The Labute approximate surface area is 171 Å². The molecule has 1 aromatic carbocycles. The molecule has 0 spiro atoms. The summed E-state index contributed by atoms with van der Waals surface area (Å²) in [5.41, 5.74) is -0.296. The number of halogens is 5. The maximum Gasteiger partial charge on any atom is 0.436 e. The van der Waals surface area contributed by atoms with Crippen molar-refractivity contribution in [3.05, 3.63) is 63.8 Å². The Kier molecular flexibility index (Phi) is 6.06. The Morgan fingerprint density at radius 1 is 1.21 bits per heavy atom. The number of rotatable bonds is 6. The lowest BCUT2D eigenvalue weighted by Gasteiger charge is -2.05. The quantitative estimate of drug-likeness (QED) is 0.540. The van der Waals surface area contributed by atoms with Gasteiger partial charge in [0.15, 0.2) is 11.5 Å².